The number of rotatable bonds is 9. The molecule has 0 aliphatic rings. The lowest BCUT2D eigenvalue weighted by molar-refractivity contribution is 0.248. The maximum atomic E-state index is 12.0. The molecule has 0 unspecified atom stereocenters. The number of nitrogens with zero attached hydrogens (tertiary/aromatic N) is 1. The van der Waals surface area contributed by atoms with Gasteiger partial charge in [-0.2, -0.15) is 0 Å². The Kier molecular flexibility index (Phi) is 6.90. The van der Waals surface area contributed by atoms with Crippen LogP contribution in [0.3, 0.4) is 0 Å². The summed E-state index contributed by atoms with van der Waals surface area (Å²) in [4.78, 5) is 4.02. The number of hydrogen-bond acceptors (Lipinski definition) is 6. The summed E-state index contributed by atoms with van der Waals surface area (Å²) in [7, 11) is -0.811. The third-order valence-electron chi connectivity index (χ3n) is 2.71. The van der Waals surface area contributed by atoms with Gasteiger partial charge in [0.05, 0.1) is 49.4 Å². The van der Waals surface area contributed by atoms with Crippen molar-refractivity contribution in [2.45, 2.75) is 12.2 Å². The van der Waals surface area contributed by atoms with Crippen LogP contribution in [0.4, 0.5) is 0 Å². The Balaban J connectivity index is 2.52. The molecule has 116 valence electrons. The lowest BCUT2D eigenvalue weighted by Gasteiger charge is -2.33. The molecule has 1 aromatic rings. The normalized spacial score (nSPS) is 13.3. The summed E-state index contributed by atoms with van der Waals surface area (Å²) in [6.07, 6.45) is 2.00. The number of pyridine rings is 1. The second-order valence-electron chi connectivity index (χ2n) is 4.03. The molecule has 0 fully saturated rings. The van der Waals surface area contributed by atoms with E-state index in [1.165, 1.54) is 21.3 Å². The molecule has 6 nitrogen and oxygen atoms in total. The molecule has 1 heterocycles. The Labute approximate surface area is 122 Å². The fourth-order valence-corrected chi connectivity index (χ4v) is 4.63. The van der Waals surface area contributed by atoms with Crippen LogP contribution in [0.15, 0.2) is 24.4 Å². The second-order valence-corrected chi connectivity index (χ2v) is 8.74. The lowest BCUT2D eigenvalue weighted by Crippen LogP contribution is -2.16. The number of sulfone groups is 1. The van der Waals surface area contributed by atoms with Crippen LogP contribution in [0, 0.1) is 0 Å². The molecule has 0 N–H and O–H groups in total. The van der Waals surface area contributed by atoms with E-state index in [1.54, 1.807) is 24.4 Å². The van der Waals surface area contributed by atoms with Crippen molar-refractivity contribution in [2.24, 2.45) is 0 Å². The summed E-state index contributed by atoms with van der Waals surface area (Å²) in [5, 5.41) is 0. The summed E-state index contributed by atoms with van der Waals surface area (Å²) in [5.41, 5.74) is 0.552. The molecule has 1 aromatic heterocycles. The van der Waals surface area contributed by atoms with E-state index in [9.17, 15) is 8.42 Å². The van der Waals surface area contributed by atoms with Crippen molar-refractivity contribution in [1.29, 1.82) is 0 Å². The highest BCUT2D eigenvalue weighted by Gasteiger charge is 2.24. The topological polar surface area (TPSA) is 74.7 Å². The van der Waals surface area contributed by atoms with Gasteiger partial charge < -0.3 is 0 Å². The maximum Gasteiger partial charge on any atom is 0.156 e. The Bertz CT molecular complexity index is 480. The van der Waals surface area contributed by atoms with Crippen molar-refractivity contribution < 1.29 is 21.0 Å². The third kappa shape index (κ3) is 5.37. The van der Waals surface area contributed by atoms with E-state index in [-0.39, 0.29) is 11.5 Å². The summed E-state index contributed by atoms with van der Waals surface area (Å²) >= 11 is 0. The molecule has 0 aliphatic heterocycles. The monoisotopic (exact) mass is 323 g/mol. The van der Waals surface area contributed by atoms with Crippen LogP contribution in [0.2, 0.25) is 0 Å². The highest BCUT2D eigenvalue weighted by molar-refractivity contribution is 8.21. The van der Waals surface area contributed by atoms with Crippen molar-refractivity contribution in [3.8, 4) is 0 Å². The highest BCUT2D eigenvalue weighted by Crippen LogP contribution is 2.49. The van der Waals surface area contributed by atoms with E-state index in [0.29, 0.717) is 17.9 Å². The highest BCUT2D eigenvalue weighted by atomic mass is 32.3. The van der Waals surface area contributed by atoms with Crippen molar-refractivity contribution in [3.63, 3.8) is 0 Å². The van der Waals surface area contributed by atoms with Gasteiger partial charge in [-0.15, -0.1) is 0 Å². The van der Waals surface area contributed by atoms with E-state index >= 15 is 0 Å². The molecule has 0 spiro atoms. The van der Waals surface area contributed by atoms with Crippen molar-refractivity contribution in [1.82, 2.24) is 4.98 Å². The Hall–Kier alpha value is -0.670. The predicted octanol–water partition coefficient (Wildman–Crippen LogP) is 1.88. The van der Waals surface area contributed by atoms with Crippen LogP contribution in [-0.4, -0.2) is 46.2 Å². The molecule has 0 aromatic carbocycles. The zero-order chi connectivity index (χ0) is 15.1. The van der Waals surface area contributed by atoms with E-state index in [1.807, 2.05) is 0 Å². The van der Waals surface area contributed by atoms with Crippen LogP contribution in [0.1, 0.15) is 12.1 Å². The molecular formula is C12H21NO5S2. The summed E-state index contributed by atoms with van der Waals surface area (Å²) in [6.45, 7) is 0. The standard InChI is InChI=1S/C12H21NO5S2/c1-16-20(17-2,18-3)10-6-9-19(14,15)11-12-7-4-5-8-13-12/h4-5,7-8H,6,9-11H2,1-3H3. The summed E-state index contributed by atoms with van der Waals surface area (Å²) in [6, 6.07) is 5.23. The largest absolute Gasteiger partial charge is 0.296 e. The van der Waals surface area contributed by atoms with Crippen LogP contribution >= 0.6 is 10.9 Å². The van der Waals surface area contributed by atoms with Gasteiger partial charge in [-0.1, -0.05) is 6.07 Å². The molecule has 0 radical (unpaired) electrons. The second kappa shape index (κ2) is 7.94. The van der Waals surface area contributed by atoms with E-state index in [2.05, 4.69) is 4.98 Å². The minimum Gasteiger partial charge on any atom is -0.296 e. The minimum absolute atomic E-state index is 0.0500. The number of hydrogen-bond donors (Lipinski definition) is 0. The zero-order valence-electron chi connectivity index (χ0n) is 11.9. The quantitative estimate of drug-likeness (QED) is 0.691. The maximum absolute atomic E-state index is 12.0. The Morgan fingerprint density at radius 1 is 1.05 bits per heavy atom. The van der Waals surface area contributed by atoms with Gasteiger partial charge >= 0.3 is 0 Å². The molecule has 0 saturated carbocycles. The molecule has 0 atom stereocenters. The average Bonchev–Trinajstić information content (AvgIpc) is 2.45. The fraction of sp³-hybridized carbons (Fsp3) is 0.583. The SMILES string of the molecule is COS(CCCS(=O)(=O)Cc1ccccn1)(OC)OC. The van der Waals surface area contributed by atoms with Crippen LogP contribution in [-0.2, 0) is 28.1 Å². The minimum atomic E-state index is -3.20. The summed E-state index contributed by atoms with van der Waals surface area (Å²) in [5.74, 6) is 0.412. The Morgan fingerprint density at radius 3 is 2.20 bits per heavy atom. The van der Waals surface area contributed by atoms with Crippen molar-refractivity contribution >= 4 is 20.7 Å². The van der Waals surface area contributed by atoms with Gasteiger partial charge in [0.25, 0.3) is 0 Å². The molecule has 0 saturated heterocycles. The smallest absolute Gasteiger partial charge is 0.156 e. The molecule has 20 heavy (non-hydrogen) atoms. The van der Waals surface area contributed by atoms with Crippen molar-refractivity contribution in [3.05, 3.63) is 30.1 Å². The van der Waals surface area contributed by atoms with Crippen LogP contribution in [0.5, 0.6) is 0 Å². The zero-order valence-corrected chi connectivity index (χ0v) is 13.6. The summed E-state index contributed by atoms with van der Waals surface area (Å²) < 4.78 is 39.6. The first-order valence-corrected chi connectivity index (χ1v) is 9.45. The van der Waals surface area contributed by atoms with Gasteiger partial charge in [-0.05, 0) is 18.6 Å². The first kappa shape index (κ1) is 17.4. The van der Waals surface area contributed by atoms with E-state index < -0.39 is 20.7 Å². The van der Waals surface area contributed by atoms with Gasteiger partial charge in [-0.3, -0.25) is 17.5 Å². The molecule has 0 aliphatic carbocycles. The predicted molar refractivity (Wildman–Crippen MR) is 79.8 cm³/mol. The van der Waals surface area contributed by atoms with Gasteiger partial charge in [-0.25, -0.2) is 8.42 Å². The van der Waals surface area contributed by atoms with Gasteiger partial charge in [0.15, 0.2) is 9.84 Å². The molecule has 0 amide bonds. The van der Waals surface area contributed by atoms with Crippen LogP contribution in [0.25, 0.3) is 0 Å². The third-order valence-corrected chi connectivity index (χ3v) is 6.66. The molecular weight excluding hydrogens is 302 g/mol. The van der Waals surface area contributed by atoms with Gasteiger partial charge in [0.2, 0.25) is 0 Å². The van der Waals surface area contributed by atoms with E-state index in [4.69, 9.17) is 12.5 Å². The molecule has 8 heteroatoms. The number of aromatic nitrogens is 1. The first-order valence-electron chi connectivity index (χ1n) is 6.05. The van der Waals surface area contributed by atoms with Crippen LogP contribution < -0.4 is 0 Å². The van der Waals surface area contributed by atoms with Gasteiger partial charge in [0.1, 0.15) is 0 Å². The fourth-order valence-electron chi connectivity index (χ4n) is 1.69. The molecule has 1 rings (SSSR count). The first-order chi connectivity index (χ1) is 9.47. The average molecular weight is 323 g/mol. The van der Waals surface area contributed by atoms with Crippen molar-refractivity contribution in [2.75, 3.05) is 32.8 Å². The Morgan fingerprint density at radius 2 is 1.70 bits per heavy atom. The molecule has 0 bridgehead atoms. The lowest BCUT2D eigenvalue weighted by atomic mass is 10.4. The van der Waals surface area contributed by atoms with E-state index in [0.717, 1.165) is 0 Å². The van der Waals surface area contributed by atoms with Gasteiger partial charge in [0, 0.05) is 11.9 Å².